The van der Waals surface area contributed by atoms with Gasteiger partial charge in [-0.3, -0.25) is 4.79 Å². The summed E-state index contributed by atoms with van der Waals surface area (Å²) in [5, 5.41) is 3.27. The van der Waals surface area contributed by atoms with Crippen molar-refractivity contribution in [3.05, 3.63) is 0 Å². The third-order valence-corrected chi connectivity index (χ3v) is 2.70. The summed E-state index contributed by atoms with van der Waals surface area (Å²) in [4.78, 5) is 11.0. The molecule has 0 rings (SSSR count). The number of esters is 1. The Morgan fingerprint density at radius 2 is 1.82 bits per heavy atom. The van der Waals surface area contributed by atoms with E-state index in [4.69, 9.17) is 4.74 Å². The maximum absolute atomic E-state index is 11.0. The Bertz CT molecular complexity index is 181. The van der Waals surface area contributed by atoms with Crippen LogP contribution in [0, 0.1) is 5.92 Å². The van der Waals surface area contributed by atoms with E-state index in [1.165, 1.54) is 32.1 Å². The van der Waals surface area contributed by atoms with E-state index in [1.807, 2.05) is 6.92 Å². The molecule has 0 atom stereocenters. The first-order valence-corrected chi connectivity index (χ1v) is 7.03. The zero-order valence-electron chi connectivity index (χ0n) is 11.8. The topological polar surface area (TPSA) is 38.3 Å². The van der Waals surface area contributed by atoms with Crippen molar-refractivity contribution < 1.29 is 9.53 Å². The Kier molecular flexibility index (Phi) is 11.5. The van der Waals surface area contributed by atoms with Gasteiger partial charge in [-0.25, -0.2) is 0 Å². The summed E-state index contributed by atoms with van der Waals surface area (Å²) in [5.41, 5.74) is 0. The molecule has 0 heterocycles. The molecule has 0 saturated heterocycles. The first-order valence-electron chi connectivity index (χ1n) is 7.03. The van der Waals surface area contributed by atoms with Crippen molar-refractivity contribution in [2.24, 2.45) is 5.92 Å². The molecule has 0 amide bonds. The van der Waals surface area contributed by atoms with Crippen molar-refractivity contribution in [1.82, 2.24) is 5.32 Å². The van der Waals surface area contributed by atoms with Crippen LogP contribution in [0.5, 0.6) is 0 Å². The van der Waals surface area contributed by atoms with Crippen LogP contribution in [-0.2, 0) is 9.53 Å². The minimum Gasteiger partial charge on any atom is -0.466 e. The summed E-state index contributed by atoms with van der Waals surface area (Å²) in [6, 6.07) is 0. The van der Waals surface area contributed by atoms with Crippen LogP contribution in [0.15, 0.2) is 0 Å². The number of rotatable bonds is 11. The van der Waals surface area contributed by atoms with E-state index < -0.39 is 0 Å². The van der Waals surface area contributed by atoms with E-state index in [0.717, 1.165) is 19.0 Å². The molecule has 1 N–H and O–H groups in total. The van der Waals surface area contributed by atoms with Crippen molar-refractivity contribution in [2.45, 2.75) is 59.3 Å². The van der Waals surface area contributed by atoms with E-state index in [1.54, 1.807) is 0 Å². The lowest BCUT2D eigenvalue weighted by atomic mass is 10.0. The molecule has 0 aliphatic rings. The average molecular weight is 243 g/mol. The molecule has 17 heavy (non-hydrogen) atoms. The predicted octanol–water partition coefficient (Wildman–Crippen LogP) is 3.14. The van der Waals surface area contributed by atoms with Crippen LogP contribution in [0.25, 0.3) is 0 Å². The van der Waals surface area contributed by atoms with Gasteiger partial charge in [0, 0.05) is 6.54 Å². The second kappa shape index (κ2) is 11.9. The smallest absolute Gasteiger partial charge is 0.307 e. The predicted molar refractivity (Wildman–Crippen MR) is 72.0 cm³/mol. The van der Waals surface area contributed by atoms with E-state index in [9.17, 15) is 4.79 Å². The number of nitrogens with one attached hydrogen (secondary N) is 1. The van der Waals surface area contributed by atoms with Gasteiger partial charge in [-0.15, -0.1) is 0 Å². The fourth-order valence-electron chi connectivity index (χ4n) is 1.70. The number of carbonyl (C=O) groups excluding carboxylic acids is 1. The summed E-state index contributed by atoms with van der Waals surface area (Å²) < 4.78 is 4.84. The summed E-state index contributed by atoms with van der Waals surface area (Å²) in [6.07, 6.45) is 7.01. The fraction of sp³-hybridized carbons (Fsp3) is 0.929. The van der Waals surface area contributed by atoms with Crippen molar-refractivity contribution in [3.8, 4) is 0 Å². The molecular weight excluding hydrogens is 214 g/mol. The maximum atomic E-state index is 11.0. The van der Waals surface area contributed by atoms with Gasteiger partial charge in [-0.2, -0.15) is 0 Å². The van der Waals surface area contributed by atoms with Gasteiger partial charge in [0.15, 0.2) is 0 Å². The molecule has 0 unspecified atom stereocenters. The average Bonchev–Trinajstić information content (AvgIpc) is 2.27. The van der Waals surface area contributed by atoms with Gasteiger partial charge in [0.25, 0.3) is 0 Å². The van der Waals surface area contributed by atoms with Gasteiger partial charge in [0.2, 0.25) is 0 Å². The maximum Gasteiger partial charge on any atom is 0.307 e. The Labute approximate surface area is 106 Å². The standard InChI is InChI=1S/C14H29NO2/c1-4-17-14(16)10-12-15-11-8-6-5-7-9-13(2)3/h13,15H,4-12H2,1-3H3. The molecule has 3 heteroatoms. The molecule has 0 aromatic rings. The number of unbranched alkanes of at least 4 members (excludes halogenated alkanes) is 3. The first-order chi connectivity index (χ1) is 8.16. The van der Waals surface area contributed by atoms with Crippen molar-refractivity contribution in [3.63, 3.8) is 0 Å². The van der Waals surface area contributed by atoms with E-state index in [2.05, 4.69) is 19.2 Å². The van der Waals surface area contributed by atoms with E-state index >= 15 is 0 Å². The highest BCUT2D eigenvalue weighted by molar-refractivity contribution is 5.69. The number of carbonyl (C=O) groups is 1. The van der Waals surface area contributed by atoms with Gasteiger partial charge >= 0.3 is 5.97 Å². The number of hydrogen-bond donors (Lipinski definition) is 1. The first kappa shape index (κ1) is 16.4. The molecule has 102 valence electrons. The van der Waals surface area contributed by atoms with Crippen LogP contribution in [0.4, 0.5) is 0 Å². The molecule has 0 aromatic carbocycles. The Hall–Kier alpha value is -0.570. The second-order valence-electron chi connectivity index (χ2n) is 4.90. The summed E-state index contributed by atoms with van der Waals surface area (Å²) in [5.74, 6) is 0.731. The van der Waals surface area contributed by atoms with E-state index in [-0.39, 0.29) is 5.97 Å². The van der Waals surface area contributed by atoms with Crippen LogP contribution in [0.3, 0.4) is 0 Å². The summed E-state index contributed by atoms with van der Waals surface area (Å²) in [6.45, 7) is 8.62. The van der Waals surface area contributed by atoms with Crippen molar-refractivity contribution >= 4 is 5.97 Å². The molecule has 0 spiro atoms. The summed E-state index contributed by atoms with van der Waals surface area (Å²) >= 11 is 0. The fourth-order valence-corrected chi connectivity index (χ4v) is 1.70. The van der Waals surface area contributed by atoms with Crippen molar-refractivity contribution in [1.29, 1.82) is 0 Å². The van der Waals surface area contributed by atoms with Gasteiger partial charge in [-0.1, -0.05) is 39.5 Å². The largest absolute Gasteiger partial charge is 0.466 e. The Morgan fingerprint density at radius 1 is 1.12 bits per heavy atom. The SMILES string of the molecule is CCOC(=O)CCNCCCCCCC(C)C. The monoisotopic (exact) mass is 243 g/mol. The highest BCUT2D eigenvalue weighted by Crippen LogP contribution is 2.08. The number of hydrogen-bond acceptors (Lipinski definition) is 3. The van der Waals surface area contributed by atoms with Crippen molar-refractivity contribution in [2.75, 3.05) is 19.7 Å². The second-order valence-corrected chi connectivity index (χ2v) is 4.90. The quantitative estimate of drug-likeness (QED) is 0.447. The van der Waals surface area contributed by atoms with Gasteiger partial charge < -0.3 is 10.1 Å². The van der Waals surface area contributed by atoms with E-state index in [0.29, 0.717) is 13.0 Å². The lowest BCUT2D eigenvalue weighted by Gasteiger charge is -2.06. The number of ether oxygens (including phenoxy) is 1. The molecule has 0 bridgehead atoms. The minimum atomic E-state index is -0.100. The molecule has 0 fully saturated rings. The van der Waals surface area contributed by atoms with Crippen LogP contribution < -0.4 is 5.32 Å². The zero-order chi connectivity index (χ0) is 12.9. The lowest BCUT2D eigenvalue weighted by Crippen LogP contribution is -2.20. The normalized spacial score (nSPS) is 10.8. The minimum absolute atomic E-state index is 0.100. The third-order valence-electron chi connectivity index (χ3n) is 2.70. The molecule has 3 nitrogen and oxygen atoms in total. The zero-order valence-corrected chi connectivity index (χ0v) is 11.8. The lowest BCUT2D eigenvalue weighted by molar-refractivity contribution is -0.142. The Morgan fingerprint density at radius 3 is 2.47 bits per heavy atom. The molecular formula is C14H29NO2. The highest BCUT2D eigenvalue weighted by atomic mass is 16.5. The van der Waals surface area contributed by atoms with Crippen LogP contribution in [-0.4, -0.2) is 25.7 Å². The molecule has 0 aliphatic heterocycles. The van der Waals surface area contributed by atoms with Crippen LogP contribution in [0.1, 0.15) is 59.3 Å². The highest BCUT2D eigenvalue weighted by Gasteiger charge is 1.99. The molecule has 0 aromatic heterocycles. The van der Waals surface area contributed by atoms with Crippen LogP contribution >= 0.6 is 0 Å². The third kappa shape index (κ3) is 13.4. The molecule has 0 radical (unpaired) electrons. The van der Waals surface area contributed by atoms with Gasteiger partial charge in [0.05, 0.1) is 13.0 Å². The summed E-state index contributed by atoms with van der Waals surface area (Å²) in [7, 11) is 0. The van der Waals surface area contributed by atoms with Gasteiger partial charge in [0.1, 0.15) is 0 Å². The molecule has 0 saturated carbocycles. The van der Waals surface area contributed by atoms with Crippen LogP contribution in [0.2, 0.25) is 0 Å². The van der Waals surface area contributed by atoms with Gasteiger partial charge in [-0.05, 0) is 25.8 Å². The Balaban J connectivity index is 3.06. The molecule has 0 aliphatic carbocycles.